The number of hydrogen-bond donors (Lipinski definition) is 2. The van der Waals surface area contributed by atoms with E-state index >= 15 is 0 Å². The number of esters is 1. The Bertz CT molecular complexity index is 977. The molecule has 6 nitrogen and oxygen atoms in total. The van der Waals surface area contributed by atoms with Gasteiger partial charge < -0.3 is 14.9 Å². The van der Waals surface area contributed by atoms with E-state index in [1.165, 1.54) is 173 Å². The van der Waals surface area contributed by atoms with Crippen LogP contribution in [0.3, 0.4) is 0 Å². The standard InChI is InChI=1S/C55H104O6/c1-4-7-10-13-16-19-22-25-26-29-32-35-38-41-44-47-54(59)61-53(49-56)55(60)52(58)48-50(45-42-39-36-33-30-27-23-20-17-14-11-8-5-2)51(57)46-43-40-37-34-31-28-24-21-18-15-12-9-6-3/h25-26,50,53,55-56,60H,4-24,27-49H2,1-3H3/b26-25-. The summed E-state index contributed by atoms with van der Waals surface area (Å²) >= 11 is 0. The first-order valence-corrected chi connectivity index (χ1v) is 27.1. The van der Waals surface area contributed by atoms with Gasteiger partial charge in [0.2, 0.25) is 0 Å². The van der Waals surface area contributed by atoms with Gasteiger partial charge in [0.1, 0.15) is 5.78 Å². The third-order valence-electron chi connectivity index (χ3n) is 12.9. The topological polar surface area (TPSA) is 101 Å². The predicted molar refractivity (Wildman–Crippen MR) is 261 cm³/mol. The first-order chi connectivity index (χ1) is 29.9. The maximum absolute atomic E-state index is 13.5. The van der Waals surface area contributed by atoms with E-state index in [1.807, 2.05) is 0 Å². The second-order valence-electron chi connectivity index (χ2n) is 18.8. The molecule has 2 N–H and O–H groups in total. The Kier molecular flexibility index (Phi) is 46.7. The van der Waals surface area contributed by atoms with Gasteiger partial charge in [-0.1, -0.05) is 245 Å². The number of unbranched alkanes of at least 4 members (excludes halogenated alkanes) is 35. The third-order valence-corrected chi connectivity index (χ3v) is 12.9. The molecule has 0 heterocycles. The molecule has 0 bridgehead atoms. The van der Waals surface area contributed by atoms with Gasteiger partial charge in [-0.3, -0.25) is 14.4 Å². The lowest BCUT2D eigenvalue weighted by Gasteiger charge is -2.22. The molecule has 0 saturated carbocycles. The molecule has 0 rings (SSSR count). The zero-order chi connectivity index (χ0) is 44.7. The summed E-state index contributed by atoms with van der Waals surface area (Å²) in [4.78, 5) is 39.5. The summed E-state index contributed by atoms with van der Waals surface area (Å²) in [5.41, 5.74) is 0. The van der Waals surface area contributed by atoms with Gasteiger partial charge in [-0.2, -0.15) is 0 Å². The summed E-state index contributed by atoms with van der Waals surface area (Å²) in [5.74, 6) is -1.32. The number of Topliss-reactive ketones (excluding diaryl/α,β-unsaturated/α-hetero) is 2. The van der Waals surface area contributed by atoms with E-state index in [4.69, 9.17) is 4.74 Å². The summed E-state index contributed by atoms with van der Waals surface area (Å²) in [7, 11) is 0. The van der Waals surface area contributed by atoms with Crippen molar-refractivity contribution in [3.63, 3.8) is 0 Å². The number of carbonyl (C=O) groups excluding carboxylic acids is 3. The fourth-order valence-electron chi connectivity index (χ4n) is 8.65. The zero-order valence-corrected chi connectivity index (χ0v) is 41.0. The maximum Gasteiger partial charge on any atom is 0.306 e. The average Bonchev–Trinajstić information content (AvgIpc) is 3.26. The van der Waals surface area contributed by atoms with Crippen molar-refractivity contribution in [3.05, 3.63) is 12.2 Å². The number of ketones is 2. The van der Waals surface area contributed by atoms with Crippen molar-refractivity contribution in [2.45, 2.75) is 309 Å². The molecule has 0 saturated heterocycles. The van der Waals surface area contributed by atoms with Gasteiger partial charge in [0, 0.05) is 25.2 Å². The van der Waals surface area contributed by atoms with Gasteiger partial charge in [0.05, 0.1) is 6.61 Å². The highest BCUT2D eigenvalue weighted by molar-refractivity contribution is 5.90. The number of rotatable bonds is 50. The Hall–Kier alpha value is -1.53. The first kappa shape index (κ1) is 59.5. The SMILES string of the molecule is CCCCCCCC/C=C\CCCCCCCC(=O)OC(CO)C(O)C(=O)CC(CCCCCCCCCCCCCCC)C(=O)CCCCCCCCCCCCCCC. The molecule has 0 radical (unpaired) electrons. The van der Waals surface area contributed by atoms with Crippen LogP contribution in [0.25, 0.3) is 0 Å². The lowest BCUT2D eigenvalue weighted by Crippen LogP contribution is -2.41. The number of allylic oxidation sites excluding steroid dienone is 2. The van der Waals surface area contributed by atoms with Crippen molar-refractivity contribution in [2.75, 3.05) is 6.61 Å². The van der Waals surface area contributed by atoms with Gasteiger partial charge in [0.15, 0.2) is 18.0 Å². The fraction of sp³-hybridized carbons (Fsp3) is 0.909. The number of ether oxygens (including phenoxy) is 1. The van der Waals surface area contributed by atoms with Gasteiger partial charge >= 0.3 is 5.97 Å². The Labute approximate surface area is 379 Å². The quantitative estimate of drug-likeness (QED) is 0.0359. The Morgan fingerprint density at radius 2 is 0.754 bits per heavy atom. The predicted octanol–water partition coefficient (Wildman–Crippen LogP) is 16.4. The summed E-state index contributed by atoms with van der Waals surface area (Å²) < 4.78 is 5.43. The van der Waals surface area contributed by atoms with Crippen LogP contribution in [0.15, 0.2) is 12.2 Å². The van der Waals surface area contributed by atoms with Crippen molar-refractivity contribution in [1.82, 2.24) is 0 Å². The molecule has 360 valence electrons. The van der Waals surface area contributed by atoms with Gasteiger partial charge in [-0.05, 0) is 44.9 Å². The lowest BCUT2D eigenvalue weighted by molar-refractivity contribution is -0.162. The minimum atomic E-state index is -1.62. The van der Waals surface area contributed by atoms with Crippen LogP contribution in [0.2, 0.25) is 0 Å². The van der Waals surface area contributed by atoms with Crippen LogP contribution in [-0.4, -0.2) is 46.6 Å². The maximum atomic E-state index is 13.5. The number of aliphatic hydroxyl groups is 2. The average molecular weight is 861 g/mol. The molecule has 0 aromatic rings. The normalized spacial score (nSPS) is 13.2. The van der Waals surface area contributed by atoms with Crippen LogP contribution in [0.1, 0.15) is 297 Å². The van der Waals surface area contributed by atoms with Gasteiger partial charge in [0.25, 0.3) is 0 Å². The molecule has 6 heteroatoms. The molecule has 61 heavy (non-hydrogen) atoms. The number of hydrogen-bond acceptors (Lipinski definition) is 6. The molecule has 0 aliphatic rings. The van der Waals surface area contributed by atoms with Crippen LogP contribution in [0, 0.1) is 5.92 Å². The molecule has 0 aromatic carbocycles. The van der Waals surface area contributed by atoms with Crippen LogP contribution < -0.4 is 0 Å². The molecule has 3 unspecified atom stereocenters. The van der Waals surface area contributed by atoms with E-state index in [9.17, 15) is 24.6 Å². The minimum Gasteiger partial charge on any atom is -0.457 e. The van der Waals surface area contributed by atoms with Crippen LogP contribution in [0.5, 0.6) is 0 Å². The molecular weight excluding hydrogens is 757 g/mol. The minimum absolute atomic E-state index is 0.0566. The fourth-order valence-corrected chi connectivity index (χ4v) is 8.65. The second-order valence-corrected chi connectivity index (χ2v) is 18.8. The van der Waals surface area contributed by atoms with Crippen LogP contribution in [0.4, 0.5) is 0 Å². The number of carbonyl (C=O) groups is 3. The highest BCUT2D eigenvalue weighted by Crippen LogP contribution is 2.23. The van der Waals surface area contributed by atoms with Crippen molar-refractivity contribution in [3.8, 4) is 0 Å². The van der Waals surface area contributed by atoms with Gasteiger partial charge in [-0.15, -0.1) is 0 Å². The smallest absolute Gasteiger partial charge is 0.306 e. The number of aliphatic hydroxyl groups excluding tert-OH is 2. The molecule has 0 spiro atoms. The second kappa shape index (κ2) is 47.9. The van der Waals surface area contributed by atoms with Crippen LogP contribution in [-0.2, 0) is 19.1 Å². The zero-order valence-electron chi connectivity index (χ0n) is 41.0. The molecule has 3 atom stereocenters. The first-order valence-electron chi connectivity index (χ1n) is 27.1. The molecular formula is C55H104O6. The highest BCUT2D eigenvalue weighted by atomic mass is 16.6. The summed E-state index contributed by atoms with van der Waals surface area (Å²) in [5, 5.41) is 20.9. The van der Waals surface area contributed by atoms with Crippen molar-refractivity contribution >= 4 is 17.5 Å². The Morgan fingerprint density at radius 3 is 1.13 bits per heavy atom. The third kappa shape index (κ3) is 41.0. The van der Waals surface area contributed by atoms with Crippen LogP contribution >= 0.6 is 0 Å². The van der Waals surface area contributed by atoms with Gasteiger partial charge in [-0.25, -0.2) is 0 Å². The van der Waals surface area contributed by atoms with Crippen molar-refractivity contribution in [1.29, 1.82) is 0 Å². The molecule has 0 amide bonds. The van der Waals surface area contributed by atoms with E-state index in [1.54, 1.807) is 0 Å². The Balaban J connectivity index is 4.63. The van der Waals surface area contributed by atoms with E-state index < -0.39 is 36.5 Å². The summed E-state index contributed by atoms with van der Waals surface area (Å²) in [6.45, 7) is 6.16. The highest BCUT2D eigenvalue weighted by Gasteiger charge is 2.32. The summed E-state index contributed by atoms with van der Waals surface area (Å²) in [6, 6.07) is 0. The van der Waals surface area contributed by atoms with E-state index in [0.29, 0.717) is 19.3 Å². The van der Waals surface area contributed by atoms with E-state index in [2.05, 4.69) is 32.9 Å². The molecule has 0 aromatic heterocycles. The molecule has 0 fully saturated rings. The largest absolute Gasteiger partial charge is 0.457 e. The van der Waals surface area contributed by atoms with E-state index in [-0.39, 0.29) is 18.6 Å². The van der Waals surface area contributed by atoms with Crippen molar-refractivity contribution in [2.24, 2.45) is 5.92 Å². The van der Waals surface area contributed by atoms with Crippen molar-refractivity contribution < 1.29 is 29.3 Å². The monoisotopic (exact) mass is 861 g/mol. The molecule has 0 aliphatic carbocycles. The summed E-state index contributed by atoms with van der Waals surface area (Å²) in [6.07, 6.45) is 50.8. The lowest BCUT2D eigenvalue weighted by atomic mass is 9.87. The Morgan fingerprint density at radius 1 is 0.426 bits per heavy atom. The molecule has 0 aliphatic heterocycles. The van der Waals surface area contributed by atoms with E-state index in [0.717, 1.165) is 70.6 Å².